The first-order valence-corrected chi connectivity index (χ1v) is 10.4. The Labute approximate surface area is 176 Å². The van der Waals surface area contributed by atoms with Crippen molar-refractivity contribution >= 4 is 17.7 Å². The summed E-state index contributed by atoms with van der Waals surface area (Å²) in [7, 11) is 0. The van der Waals surface area contributed by atoms with Crippen molar-refractivity contribution in [3.63, 3.8) is 0 Å². The Hall–Kier alpha value is -2.93. The minimum atomic E-state index is -0.683. The zero-order valence-electron chi connectivity index (χ0n) is 17.4. The van der Waals surface area contributed by atoms with Crippen LogP contribution in [0, 0.1) is 6.92 Å². The van der Waals surface area contributed by atoms with Crippen molar-refractivity contribution in [2.24, 2.45) is 0 Å². The van der Waals surface area contributed by atoms with Gasteiger partial charge in [0.15, 0.2) is 0 Å². The van der Waals surface area contributed by atoms with Gasteiger partial charge in [-0.25, -0.2) is 4.79 Å². The van der Waals surface area contributed by atoms with Gasteiger partial charge in [0.1, 0.15) is 5.69 Å². The Morgan fingerprint density at radius 3 is 2.60 bits per heavy atom. The van der Waals surface area contributed by atoms with E-state index < -0.39 is 17.7 Å². The van der Waals surface area contributed by atoms with E-state index in [1.165, 1.54) is 0 Å². The summed E-state index contributed by atoms with van der Waals surface area (Å²) < 4.78 is 5.20. The molecule has 7 heteroatoms. The largest absolute Gasteiger partial charge is 0.462 e. The summed E-state index contributed by atoms with van der Waals surface area (Å²) in [5.41, 5.74) is 1.89. The van der Waals surface area contributed by atoms with Crippen LogP contribution in [-0.4, -0.2) is 58.5 Å². The van der Waals surface area contributed by atoms with Gasteiger partial charge in [0, 0.05) is 30.5 Å². The van der Waals surface area contributed by atoms with E-state index in [1.807, 2.05) is 18.2 Å². The van der Waals surface area contributed by atoms with Crippen molar-refractivity contribution in [2.75, 3.05) is 19.8 Å². The molecule has 7 nitrogen and oxygen atoms in total. The molecule has 2 heterocycles. The number of H-pyrrole nitrogens is 1. The maximum Gasteiger partial charge on any atom is 0.340 e. The predicted octanol–water partition coefficient (Wildman–Crippen LogP) is 3.11. The highest BCUT2D eigenvalue weighted by atomic mass is 16.5. The highest BCUT2D eigenvalue weighted by Gasteiger charge is 2.35. The molecule has 0 unspecified atom stereocenters. The Morgan fingerprint density at radius 1 is 1.20 bits per heavy atom. The van der Waals surface area contributed by atoms with Crippen LogP contribution in [0.4, 0.5) is 0 Å². The molecule has 1 aliphatic heterocycles. The van der Waals surface area contributed by atoms with Gasteiger partial charge in [0.25, 0.3) is 11.7 Å². The van der Waals surface area contributed by atoms with Gasteiger partial charge in [-0.1, -0.05) is 30.3 Å². The molecule has 3 rings (SSSR count). The zero-order valence-corrected chi connectivity index (χ0v) is 17.4. The number of likely N-dealkylation sites (tertiary alicyclic amines) is 1. The third-order valence-corrected chi connectivity index (χ3v) is 5.50. The number of Topliss-reactive ketones (excluding diaryl/α,β-unsaturated/α-hetero) is 1. The van der Waals surface area contributed by atoms with Crippen LogP contribution in [0.2, 0.25) is 0 Å². The molecule has 1 aromatic heterocycles. The molecular weight excluding hydrogens is 384 g/mol. The van der Waals surface area contributed by atoms with E-state index in [4.69, 9.17) is 4.74 Å². The molecule has 0 radical (unpaired) electrons. The van der Waals surface area contributed by atoms with Crippen molar-refractivity contribution in [3.8, 4) is 11.1 Å². The molecule has 0 spiro atoms. The number of esters is 1. The summed E-state index contributed by atoms with van der Waals surface area (Å²) >= 11 is 0. The molecule has 1 aliphatic rings. The molecule has 30 heavy (non-hydrogen) atoms. The number of aliphatic hydroxyl groups is 1. The van der Waals surface area contributed by atoms with Gasteiger partial charge in [-0.3, -0.25) is 9.59 Å². The second-order valence-electron chi connectivity index (χ2n) is 7.45. The molecule has 1 saturated heterocycles. The second-order valence-corrected chi connectivity index (χ2v) is 7.45. The van der Waals surface area contributed by atoms with E-state index in [0.29, 0.717) is 29.8 Å². The number of benzene rings is 1. The van der Waals surface area contributed by atoms with Crippen LogP contribution < -0.4 is 0 Å². The Balaban J connectivity index is 2.04. The first kappa shape index (κ1) is 21.8. The molecule has 1 atom stereocenters. The summed E-state index contributed by atoms with van der Waals surface area (Å²) in [6, 6.07) is 8.90. The predicted molar refractivity (Wildman–Crippen MR) is 112 cm³/mol. The molecule has 1 fully saturated rings. The van der Waals surface area contributed by atoms with E-state index in [2.05, 4.69) is 4.98 Å². The number of amides is 1. The Morgan fingerprint density at radius 2 is 1.93 bits per heavy atom. The number of hydrogen-bond donors (Lipinski definition) is 2. The minimum Gasteiger partial charge on any atom is -0.462 e. The van der Waals surface area contributed by atoms with Gasteiger partial charge in [-0.2, -0.15) is 0 Å². The van der Waals surface area contributed by atoms with Crippen LogP contribution >= 0.6 is 0 Å². The zero-order chi connectivity index (χ0) is 21.7. The first-order valence-electron chi connectivity index (χ1n) is 10.4. The van der Waals surface area contributed by atoms with Crippen molar-refractivity contribution in [1.82, 2.24) is 9.88 Å². The Kier molecular flexibility index (Phi) is 7.05. The normalized spacial score (nSPS) is 16.4. The first-order chi connectivity index (χ1) is 14.5. The molecule has 0 bridgehead atoms. The fourth-order valence-electron chi connectivity index (χ4n) is 4.10. The lowest BCUT2D eigenvalue weighted by molar-refractivity contribution is -0.130. The van der Waals surface area contributed by atoms with Gasteiger partial charge in [-0.05, 0) is 45.1 Å². The van der Waals surface area contributed by atoms with Crippen LogP contribution in [0.3, 0.4) is 0 Å². The van der Waals surface area contributed by atoms with Crippen molar-refractivity contribution in [2.45, 2.75) is 45.6 Å². The second kappa shape index (κ2) is 9.71. The maximum absolute atomic E-state index is 13.3. The molecule has 1 amide bonds. The topological polar surface area (TPSA) is 99.7 Å². The summed E-state index contributed by atoms with van der Waals surface area (Å²) in [4.78, 5) is 43.6. The molecule has 0 aliphatic carbocycles. The average molecular weight is 412 g/mol. The minimum absolute atomic E-state index is 0.0352. The summed E-state index contributed by atoms with van der Waals surface area (Å²) in [6.45, 7) is 4.06. The summed E-state index contributed by atoms with van der Waals surface area (Å²) in [6.07, 6.45) is 3.00. The van der Waals surface area contributed by atoms with E-state index in [9.17, 15) is 19.5 Å². The quantitative estimate of drug-likeness (QED) is 0.414. The number of ether oxygens (including phenoxy) is 1. The van der Waals surface area contributed by atoms with Crippen LogP contribution in [0.25, 0.3) is 11.1 Å². The monoisotopic (exact) mass is 412 g/mol. The number of aromatic amines is 1. The molecular formula is C23H28N2O5. The molecule has 2 aromatic rings. The number of aryl methyl sites for hydroxylation is 1. The van der Waals surface area contributed by atoms with Crippen LogP contribution in [0.5, 0.6) is 0 Å². The number of hydrogen-bond acceptors (Lipinski definition) is 5. The average Bonchev–Trinajstić information content (AvgIpc) is 3.11. The number of aliphatic hydroxyl groups excluding tert-OH is 1. The SMILES string of the molecule is CCOC(=O)c1c(C)[nH]c(C(=O)C(=O)N2CCCC[C@@H]2CCO)c1-c1ccccc1. The summed E-state index contributed by atoms with van der Waals surface area (Å²) in [5.74, 6) is -1.83. The van der Waals surface area contributed by atoms with Gasteiger partial charge in [-0.15, -0.1) is 0 Å². The highest BCUT2D eigenvalue weighted by molar-refractivity contribution is 6.43. The molecule has 0 saturated carbocycles. The highest BCUT2D eigenvalue weighted by Crippen LogP contribution is 2.32. The van der Waals surface area contributed by atoms with Gasteiger partial charge in [0.2, 0.25) is 0 Å². The lowest BCUT2D eigenvalue weighted by Gasteiger charge is -2.35. The van der Waals surface area contributed by atoms with Gasteiger partial charge >= 0.3 is 5.97 Å². The standard InChI is InChI=1S/C23H28N2O5/c1-3-30-23(29)18-15(2)24-20(19(18)16-9-5-4-6-10-16)21(27)22(28)25-13-8-7-11-17(25)12-14-26/h4-6,9-10,17,24,26H,3,7-8,11-14H2,1-2H3/t17-/m1/s1. The van der Waals surface area contributed by atoms with E-state index in [-0.39, 0.29) is 30.5 Å². The number of nitrogens with one attached hydrogen (secondary N) is 1. The van der Waals surface area contributed by atoms with E-state index >= 15 is 0 Å². The Bertz CT molecular complexity index is 917. The van der Waals surface area contributed by atoms with Gasteiger partial charge < -0.3 is 19.7 Å². The van der Waals surface area contributed by atoms with Crippen molar-refractivity contribution in [1.29, 1.82) is 0 Å². The van der Waals surface area contributed by atoms with Crippen molar-refractivity contribution in [3.05, 3.63) is 47.3 Å². The summed E-state index contributed by atoms with van der Waals surface area (Å²) in [5, 5.41) is 9.34. The smallest absolute Gasteiger partial charge is 0.340 e. The van der Waals surface area contributed by atoms with Crippen LogP contribution in [0.15, 0.2) is 30.3 Å². The molecule has 1 aromatic carbocycles. The van der Waals surface area contributed by atoms with Crippen molar-refractivity contribution < 1.29 is 24.2 Å². The van der Waals surface area contributed by atoms with Crippen LogP contribution in [0.1, 0.15) is 59.1 Å². The number of carbonyl (C=O) groups excluding carboxylic acids is 3. The lowest BCUT2D eigenvalue weighted by atomic mass is 9.96. The number of ketones is 1. The third-order valence-electron chi connectivity index (χ3n) is 5.50. The number of rotatable bonds is 7. The van der Waals surface area contributed by atoms with E-state index in [1.54, 1.807) is 30.9 Å². The maximum atomic E-state index is 13.3. The molecule has 2 N–H and O–H groups in total. The van der Waals surface area contributed by atoms with Crippen LogP contribution in [-0.2, 0) is 9.53 Å². The number of aromatic nitrogens is 1. The van der Waals surface area contributed by atoms with Gasteiger partial charge in [0.05, 0.1) is 12.2 Å². The third kappa shape index (κ3) is 4.31. The molecule has 160 valence electrons. The fraction of sp³-hybridized carbons (Fsp3) is 0.435. The number of nitrogens with zero attached hydrogens (tertiary/aromatic N) is 1. The number of piperidine rings is 1. The lowest BCUT2D eigenvalue weighted by Crippen LogP contribution is -2.47. The number of carbonyl (C=O) groups is 3. The van der Waals surface area contributed by atoms with E-state index in [0.717, 1.165) is 19.3 Å². The fourth-order valence-corrected chi connectivity index (χ4v) is 4.10.